The van der Waals surface area contributed by atoms with Crippen molar-refractivity contribution >= 4 is 12.9 Å². The molecular weight excluding hydrogens is 222 g/mol. The second-order valence-corrected chi connectivity index (χ2v) is 3.58. The molecule has 18 heavy (non-hydrogen) atoms. The maximum absolute atomic E-state index is 4.14. The van der Waals surface area contributed by atoms with Gasteiger partial charge in [0.15, 0.2) is 0 Å². The van der Waals surface area contributed by atoms with E-state index in [0.717, 1.165) is 16.8 Å². The summed E-state index contributed by atoms with van der Waals surface area (Å²) >= 11 is 0. The minimum Gasteiger partial charge on any atom is -0.279 e. The molecule has 0 rings (SSSR count). The molecule has 0 aromatic heterocycles. The van der Waals surface area contributed by atoms with Gasteiger partial charge in [-0.2, -0.15) is 5.10 Å². The average molecular weight is 243 g/mol. The van der Waals surface area contributed by atoms with E-state index in [0.29, 0.717) is 0 Å². The van der Waals surface area contributed by atoms with Gasteiger partial charge in [0.1, 0.15) is 0 Å². The van der Waals surface area contributed by atoms with Crippen LogP contribution in [0.15, 0.2) is 70.1 Å². The van der Waals surface area contributed by atoms with Gasteiger partial charge in [-0.3, -0.25) is 10.4 Å². The highest BCUT2D eigenvalue weighted by Gasteiger charge is 1.87. The maximum atomic E-state index is 4.14. The number of hydrogen-bond acceptors (Lipinski definition) is 3. The normalized spacial score (nSPS) is 13.7. The predicted octanol–water partition coefficient (Wildman–Crippen LogP) is 3.76. The Morgan fingerprint density at radius 1 is 1.11 bits per heavy atom. The Morgan fingerprint density at radius 2 is 1.83 bits per heavy atom. The number of aliphatic imine (C=N–C) groups is 1. The molecule has 1 N–H and O–H groups in total. The van der Waals surface area contributed by atoms with Gasteiger partial charge in [0, 0.05) is 6.20 Å². The molecular formula is C15H21N3. The second-order valence-electron chi connectivity index (χ2n) is 3.58. The first-order valence-electron chi connectivity index (χ1n) is 5.71. The van der Waals surface area contributed by atoms with Gasteiger partial charge >= 0.3 is 0 Å². The van der Waals surface area contributed by atoms with E-state index >= 15 is 0 Å². The summed E-state index contributed by atoms with van der Waals surface area (Å²) < 4.78 is 0. The molecule has 0 aliphatic carbocycles. The highest BCUT2D eigenvalue weighted by molar-refractivity contribution is 5.81. The lowest BCUT2D eigenvalue weighted by Gasteiger charge is -2.00. The standard InChI is InChI=1S/C15H21N3/c1-6-14(10-11-16-5)12-17-18-15(7-2)9-8-13(3)4/h6-12,18H,3,5H2,1-2,4H3/b9-8-,11-10-,14-6+,15-7?,17-12+. The van der Waals surface area contributed by atoms with Crippen LogP contribution in [0.1, 0.15) is 20.8 Å². The minimum atomic E-state index is 0.913. The molecule has 0 heterocycles. The van der Waals surface area contributed by atoms with Crippen LogP contribution in [0, 0.1) is 0 Å². The SMILES string of the molecule is C=N\C=C/C(/C=N/NC(=CC)/C=C\C(=C)C)=C\C. The molecule has 0 aliphatic heterocycles. The molecule has 0 radical (unpaired) electrons. The van der Waals surface area contributed by atoms with E-state index < -0.39 is 0 Å². The van der Waals surface area contributed by atoms with Crippen LogP contribution in [0.2, 0.25) is 0 Å². The van der Waals surface area contributed by atoms with Crippen LogP contribution >= 0.6 is 0 Å². The van der Waals surface area contributed by atoms with Crippen molar-refractivity contribution < 1.29 is 0 Å². The Bertz CT molecular complexity index is 421. The van der Waals surface area contributed by atoms with E-state index in [1.54, 1.807) is 12.4 Å². The van der Waals surface area contributed by atoms with E-state index in [1.807, 2.05) is 51.2 Å². The fraction of sp³-hybridized carbons (Fsp3) is 0.200. The molecule has 0 fully saturated rings. The number of allylic oxidation sites excluding steroid dienone is 7. The Kier molecular flexibility index (Phi) is 8.82. The van der Waals surface area contributed by atoms with Gasteiger partial charge in [-0.05, 0) is 45.2 Å². The second kappa shape index (κ2) is 10.0. The molecule has 96 valence electrons. The summed E-state index contributed by atoms with van der Waals surface area (Å²) in [7, 11) is 0. The van der Waals surface area contributed by atoms with E-state index in [1.165, 1.54) is 0 Å². The van der Waals surface area contributed by atoms with E-state index in [9.17, 15) is 0 Å². The van der Waals surface area contributed by atoms with Crippen LogP contribution in [0.4, 0.5) is 0 Å². The summed E-state index contributed by atoms with van der Waals surface area (Å²) in [6.07, 6.45) is 12.9. The highest BCUT2D eigenvalue weighted by Crippen LogP contribution is 1.97. The molecule has 0 saturated carbocycles. The van der Waals surface area contributed by atoms with Gasteiger partial charge < -0.3 is 0 Å². The van der Waals surface area contributed by atoms with Crippen LogP contribution in [-0.2, 0) is 0 Å². The van der Waals surface area contributed by atoms with E-state index in [-0.39, 0.29) is 0 Å². The van der Waals surface area contributed by atoms with Crippen molar-refractivity contribution in [1.82, 2.24) is 5.43 Å². The molecule has 0 bridgehead atoms. The largest absolute Gasteiger partial charge is 0.279 e. The first-order valence-corrected chi connectivity index (χ1v) is 5.71. The molecule has 3 nitrogen and oxygen atoms in total. The van der Waals surface area contributed by atoms with Crippen molar-refractivity contribution in [2.75, 3.05) is 0 Å². The number of hydrogen-bond donors (Lipinski definition) is 1. The zero-order valence-corrected chi connectivity index (χ0v) is 11.4. The monoisotopic (exact) mass is 243 g/mol. The van der Waals surface area contributed by atoms with Crippen molar-refractivity contribution in [3.63, 3.8) is 0 Å². The van der Waals surface area contributed by atoms with Gasteiger partial charge in [0.05, 0.1) is 11.9 Å². The molecule has 0 aromatic carbocycles. The van der Waals surface area contributed by atoms with Gasteiger partial charge in [-0.25, -0.2) is 0 Å². The van der Waals surface area contributed by atoms with Crippen LogP contribution in [0.5, 0.6) is 0 Å². The van der Waals surface area contributed by atoms with Crippen molar-refractivity contribution in [2.45, 2.75) is 20.8 Å². The molecule has 0 atom stereocenters. The summed E-state index contributed by atoms with van der Waals surface area (Å²) in [5, 5.41) is 4.14. The van der Waals surface area contributed by atoms with Crippen LogP contribution in [0.25, 0.3) is 0 Å². The van der Waals surface area contributed by atoms with Gasteiger partial charge in [0.2, 0.25) is 0 Å². The van der Waals surface area contributed by atoms with Crippen LogP contribution in [-0.4, -0.2) is 12.9 Å². The molecule has 0 aliphatic rings. The Morgan fingerprint density at radius 3 is 2.33 bits per heavy atom. The van der Waals surface area contributed by atoms with Crippen molar-refractivity contribution in [3.8, 4) is 0 Å². The molecule has 0 amide bonds. The Balaban J connectivity index is 4.49. The van der Waals surface area contributed by atoms with Gasteiger partial charge in [-0.1, -0.05) is 30.4 Å². The Hall–Kier alpha value is -2.16. The lowest BCUT2D eigenvalue weighted by molar-refractivity contribution is 0.920. The summed E-state index contributed by atoms with van der Waals surface area (Å²) in [5.41, 5.74) is 5.81. The quantitative estimate of drug-likeness (QED) is 0.412. The predicted molar refractivity (Wildman–Crippen MR) is 81.8 cm³/mol. The molecule has 0 unspecified atom stereocenters. The van der Waals surface area contributed by atoms with Gasteiger partial charge in [-0.15, -0.1) is 0 Å². The molecule has 0 aromatic rings. The van der Waals surface area contributed by atoms with Gasteiger partial charge in [0.25, 0.3) is 0 Å². The Labute approximate surface area is 110 Å². The number of nitrogens with zero attached hydrogens (tertiary/aromatic N) is 2. The summed E-state index contributed by atoms with van der Waals surface area (Å²) in [6, 6.07) is 0. The minimum absolute atomic E-state index is 0.913. The molecule has 0 spiro atoms. The highest BCUT2D eigenvalue weighted by atomic mass is 15.3. The smallest absolute Gasteiger partial charge is 0.0541 e. The number of rotatable bonds is 7. The number of nitrogens with one attached hydrogen (secondary N) is 1. The van der Waals surface area contributed by atoms with E-state index in [2.05, 4.69) is 28.8 Å². The lowest BCUT2D eigenvalue weighted by Crippen LogP contribution is -2.03. The first kappa shape index (κ1) is 15.8. The first-order chi connectivity index (χ1) is 8.63. The summed E-state index contributed by atoms with van der Waals surface area (Å²) in [5.74, 6) is 0. The van der Waals surface area contributed by atoms with Crippen molar-refractivity contribution in [1.29, 1.82) is 0 Å². The maximum Gasteiger partial charge on any atom is 0.0541 e. The zero-order valence-electron chi connectivity index (χ0n) is 11.4. The van der Waals surface area contributed by atoms with Crippen molar-refractivity contribution in [3.05, 3.63) is 60.0 Å². The fourth-order valence-corrected chi connectivity index (χ4v) is 0.964. The summed E-state index contributed by atoms with van der Waals surface area (Å²) in [6.45, 7) is 13.0. The van der Waals surface area contributed by atoms with Crippen LogP contribution < -0.4 is 5.43 Å². The summed E-state index contributed by atoms with van der Waals surface area (Å²) in [4.78, 5) is 3.65. The fourth-order valence-electron chi connectivity index (χ4n) is 0.964. The third kappa shape index (κ3) is 8.05. The van der Waals surface area contributed by atoms with Crippen LogP contribution in [0.3, 0.4) is 0 Å². The van der Waals surface area contributed by atoms with E-state index in [4.69, 9.17) is 0 Å². The third-order valence-electron chi connectivity index (χ3n) is 1.97. The number of hydrazone groups is 1. The van der Waals surface area contributed by atoms with Crippen molar-refractivity contribution in [2.24, 2.45) is 10.1 Å². The topological polar surface area (TPSA) is 36.8 Å². The lowest BCUT2D eigenvalue weighted by atomic mass is 10.3. The third-order valence-corrected chi connectivity index (χ3v) is 1.97. The molecule has 0 saturated heterocycles. The molecule has 3 heteroatoms. The zero-order chi connectivity index (χ0) is 13.8. The average Bonchev–Trinajstić information content (AvgIpc) is 2.36.